The predicted molar refractivity (Wildman–Crippen MR) is 76.1 cm³/mol. The molecule has 0 spiro atoms. The van der Waals surface area contributed by atoms with Crippen molar-refractivity contribution in [3.05, 3.63) is 29.8 Å². The molecular weight excluding hydrogens is 279 g/mol. The summed E-state index contributed by atoms with van der Waals surface area (Å²) in [6, 6.07) is 6.49. The summed E-state index contributed by atoms with van der Waals surface area (Å²) < 4.78 is 41.1. The number of alkyl halides is 3. The van der Waals surface area contributed by atoms with Gasteiger partial charge in [0.1, 0.15) is 5.75 Å². The molecule has 1 unspecified atom stereocenters. The minimum Gasteiger partial charge on any atom is -0.406 e. The lowest BCUT2D eigenvalue weighted by atomic mass is 9.91. The van der Waals surface area contributed by atoms with E-state index in [2.05, 4.69) is 17.0 Å². The fourth-order valence-electron chi connectivity index (χ4n) is 3.05. The van der Waals surface area contributed by atoms with Gasteiger partial charge in [-0.2, -0.15) is 0 Å². The van der Waals surface area contributed by atoms with Gasteiger partial charge >= 0.3 is 6.36 Å². The van der Waals surface area contributed by atoms with E-state index in [1.165, 1.54) is 25.0 Å². The summed E-state index contributed by atoms with van der Waals surface area (Å²) in [6.45, 7) is 2.95. The Kier molecular flexibility index (Phi) is 5.51. The van der Waals surface area contributed by atoms with E-state index in [9.17, 15) is 13.2 Å². The van der Waals surface area contributed by atoms with Crippen molar-refractivity contribution in [2.24, 2.45) is 5.92 Å². The first-order valence-electron chi connectivity index (χ1n) is 7.58. The zero-order valence-electron chi connectivity index (χ0n) is 12.2. The highest BCUT2D eigenvalue weighted by atomic mass is 19.4. The minimum atomic E-state index is -4.64. The maximum Gasteiger partial charge on any atom is 0.573 e. The van der Waals surface area contributed by atoms with Gasteiger partial charge in [-0.05, 0) is 49.4 Å². The van der Waals surface area contributed by atoms with Crippen LogP contribution in [0.1, 0.15) is 50.6 Å². The molecule has 2 rings (SSSR count). The first-order valence-corrected chi connectivity index (χ1v) is 7.58. The summed E-state index contributed by atoms with van der Waals surface area (Å²) in [5, 5.41) is 3.48. The lowest BCUT2D eigenvalue weighted by Gasteiger charge is -2.25. The number of hydrogen-bond donors (Lipinski definition) is 1. The molecule has 0 amide bonds. The second-order valence-corrected chi connectivity index (χ2v) is 5.60. The van der Waals surface area contributed by atoms with Crippen LogP contribution in [0.25, 0.3) is 0 Å². The normalized spacial score (nSPS) is 17.9. The third-order valence-corrected chi connectivity index (χ3v) is 3.94. The fourth-order valence-corrected chi connectivity index (χ4v) is 3.05. The van der Waals surface area contributed by atoms with Crippen LogP contribution in [0.15, 0.2) is 24.3 Å². The largest absolute Gasteiger partial charge is 0.573 e. The first kappa shape index (κ1) is 16.1. The maximum atomic E-state index is 12.3. The zero-order chi connectivity index (χ0) is 15.3. The highest BCUT2D eigenvalue weighted by Crippen LogP contribution is 2.37. The van der Waals surface area contributed by atoms with Crippen molar-refractivity contribution in [2.75, 3.05) is 6.54 Å². The number of hydrogen-bond acceptors (Lipinski definition) is 2. The molecule has 2 nitrogen and oxygen atoms in total. The van der Waals surface area contributed by atoms with E-state index in [4.69, 9.17) is 0 Å². The Hall–Kier alpha value is -1.23. The van der Waals surface area contributed by atoms with Gasteiger partial charge in [-0.3, -0.25) is 0 Å². The molecule has 1 saturated carbocycles. The number of ether oxygens (including phenoxy) is 1. The molecule has 1 aliphatic rings. The first-order chi connectivity index (χ1) is 9.99. The molecule has 0 saturated heterocycles. The highest BCUT2D eigenvalue weighted by molar-refractivity contribution is 5.31. The Labute approximate surface area is 123 Å². The van der Waals surface area contributed by atoms with E-state index in [1.54, 1.807) is 6.07 Å². The van der Waals surface area contributed by atoms with Gasteiger partial charge in [-0.15, -0.1) is 13.2 Å². The van der Waals surface area contributed by atoms with Crippen molar-refractivity contribution in [3.8, 4) is 5.75 Å². The molecule has 1 N–H and O–H groups in total. The summed E-state index contributed by atoms with van der Waals surface area (Å²) in [4.78, 5) is 0. The Balaban J connectivity index is 2.16. The molecule has 0 bridgehead atoms. The average Bonchev–Trinajstić information content (AvgIpc) is 2.91. The predicted octanol–water partition coefficient (Wildman–Crippen LogP) is 4.82. The van der Waals surface area contributed by atoms with E-state index in [0.29, 0.717) is 5.92 Å². The molecule has 1 fully saturated rings. The standard InChI is InChI=1S/C16H22F3NO/c1-2-10-20-15(12-6-3-4-7-12)13-8-5-9-14(11-13)21-16(17,18)19/h5,8-9,11-12,15,20H,2-4,6-7,10H2,1H3. The van der Waals surface area contributed by atoms with Crippen LogP contribution in [-0.2, 0) is 0 Å². The number of rotatable bonds is 6. The SMILES string of the molecule is CCCNC(c1cccc(OC(F)(F)F)c1)C1CCCC1. The van der Waals surface area contributed by atoms with Crippen molar-refractivity contribution in [2.45, 2.75) is 51.4 Å². The lowest BCUT2D eigenvalue weighted by Crippen LogP contribution is -2.28. The van der Waals surface area contributed by atoms with Gasteiger partial charge in [-0.1, -0.05) is 31.9 Å². The summed E-state index contributed by atoms with van der Waals surface area (Å²) in [5.74, 6) is 0.360. The zero-order valence-corrected chi connectivity index (χ0v) is 12.2. The Morgan fingerprint density at radius 2 is 2.00 bits per heavy atom. The summed E-state index contributed by atoms with van der Waals surface area (Å²) >= 11 is 0. The lowest BCUT2D eigenvalue weighted by molar-refractivity contribution is -0.274. The molecule has 0 radical (unpaired) electrons. The van der Waals surface area contributed by atoms with Crippen molar-refractivity contribution in [3.63, 3.8) is 0 Å². The van der Waals surface area contributed by atoms with E-state index in [1.807, 2.05) is 6.07 Å². The van der Waals surface area contributed by atoms with Crippen LogP contribution in [0, 0.1) is 5.92 Å². The summed E-state index contributed by atoms with van der Waals surface area (Å²) in [7, 11) is 0. The molecule has 0 aromatic heterocycles. The molecule has 21 heavy (non-hydrogen) atoms. The Morgan fingerprint density at radius 3 is 2.62 bits per heavy atom. The van der Waals surface area contributed by atoms with Crippen LogP contribution in [-0.4, -0.2) is 12.9 Å². The molecule has 118 valence electrons. The minimum absolute atomic E-state index is 0.115. The van der Waals surface area contributed by atoms with Crippen molar-refractivity contribution < 1.29 is 17.9 Å². The monoisotopic (exact) mass is 301 g/mol. The van der Waals surface area contributed by atoms with Crippen LogP contribution < -0.4 is 10.1 Å². The van der Waals surface area contributed by atoms with Crippen LogP contribution in [0.2, 0.25) is 0 Å². The second kappa shape index (κ2) is 7.16. The average molecular weight is 301 g/mol. The van der Waals surface area contributed by atoms with Gasteiger partial charge in [-0.25, -0.2) is 0 Å². The van der Waals surface area contributed by atoms with Gasteiger partial charge in [0.2, 0.25) is 0 Å². The van der Waals surface area contributed by atoms with E-state index >= 15 is 0 Å². The third-order valence-electron chi connectivity index (χ3n) is 3.94. The summed E-state index contributed by atoms with van der Waals surface area (Å²) in [6.07, 6.45) is 1.03. The number of halogens is 3. The molecule has 1 aliphatic carbocycles. The molecule has 1 aromatic carbocycles. The van der Waals surface area contributed by atoms with Crippen molar-refractivity contribution in [1.29, 1.82) is 0 Å². The number of benzene rings is 1. The van der Waals surface area contributed by atoms with Gasteiger partial charge in [0.05, 0.1) is 0 Å². The van der Waals surface area contributed by atoms with E-state index in [0.717, 1.165) is 31.4 Å². The molecule has 1 atom stereocenters. The van der Waals surface area contributed by atoms with Gasteiger partial charge in [0.25, 0.3) is 0 Å². The van der Waals surface area contributed by atoms with Gasteiger partial charge < -0.3 is 10.1 Å². The Bertz CT molecular complexity index is 441. The summed E-state index contributed by atoms with van der Waals surface area (Å²) in [5.41, 5.74) is 0.886. The quantitative estimate of drug-likeness (QED) is 0.813. The second-order valence-electron chi connectivity index (χ2n) is 5.60. The smallest absolute Gasteiger partial charge is 0.406 e. The Morgan fingerprint density at radius 1 is 1.29 bits per heavy atom. The molecule has 0 heterocycles. The third kappa shape index (κ3) is 4.92. The molecule has 1 aromatic rings. The highest BCUT2D eigenvalue weighted by Gasteiger charge is 2.32. The van der Waals surface area contributed by atoms with Crippen LogP contribution in [0.4, 0.5) is 13.2 Å². The number of nitrogens with one attached hydrogen (secondary N) is 1. The molecule has 0 aliphatic heterocycles. The van der Waals surface area contributed by atoms with Gasteiger partial charge in [0.15, 0.2) is 0 Å². The van der Waals surface area contributed by atoms with Gasteiger partial charge in [0, 0.05) is 6.04 Å². The molecule has 5 heteroatoms. The van der Waals surface area contributed by atoms with Crippen LogP contribution >= 0.6 is 0 Å². The van der Waals surface area contributed by atoms with Crippen LogP contribution in [0.5, 0.6) is 5.75 Å². The molecular formula is C16H22F3NO. The topological polar surface area (TPSA) is 21.3 Å². The van der Waals surface area contributed by atoms with Crippen molar-refractivity contribution >= 4 is 0 Å². The fraction of sp³-hybridized carbons (Fsp3) is 0.625. The van der Waals surface area contributed by atoms with E-state index in [-0.39, 0.29) is 11.8 Å². The van der Waals surface area contributed by atoms with E-state index < -0.39 is 6.36 Å². The van der Waals surface area contributed by atoms with Crippen LogP contribution in [0.3, 0.4) is 0 Å². The maximum absolute atomic E-state index is 12.3. The van der Waals surface area contributed by atoms with Crippen molar-refractivity contribution in [1.82, 2.24) is 5.32 Å².